The number of aryl methyl sites for hydroxylation is 2. The summed E-state index contributed by atoms with van der Waals surface area (Å²) in [6, 6.07) is 13.8. The fraction of sp³-hybridized carbons (Fsp3) is 0.300. The first-order valence-corrected chi connectivity index (χ1v) is 9.08. The Morgan fingerprint density at radius 1 is 1.21 bits per heavy atom. The van der Waals surface area contributed by atoms with E-state index in [0.717, 1.165) is 30.6 Å². The molecule has 0 unspecified atom stereocenters. The molecule has 2 aromatic rings. The second-order valence-electron chi connectivity index (χ2n) is 5.58. The number of carbonyl (C=O) groups is 1. The normalized spacial score (nSPS) is 11.1. The van der Waals surface area contributed by atoms with E-state index in [1.807, 2.05) is 42.5 Å². The van der Waals surface area contributed by atoms with E-state index < -0.39 is 0 Å². The van der Waals surface area contributed by atoms with E-state index in [9.17, 15) is 10.1 Å². The number of unbranched alkanes of at least 4 members (excludes halogenated alkanes) is 1. The summed E-state index contributed by atoms with van der Waals surface area (Å²) >= 11 is 1.60. The van der Waals surface area contributed by atoms with Crippen molar-refractivity contribution in [3.05, 3.63) is 57.3 Å². The number of hydrogen-bond donors (Lipinski definition) is 1. The van der Waals surface area contributed by atoms with E-state index in [1.54, 1.807) is 17.4 Å². The van der Waals surface area contributed by atoms with Crippen molar-refractivity contribution in [1.29, 1.82) is 5.26 Å². The molecule has 0 saturated carbocycles. The second-order valence-corrected chi connectivity index (χ2v) is 6.78. The Bertz CT molecular complexity index is 751. The van der Waals surface area contributed by atoms with Crippen LogP contribution in [-0.2, 0) is 17.6 Å². The van der Waals surface area contributed by atoms with Gasteiger partial charge in [-0.3, -0.25) is 4.79 Å². The van der Waals surface area contributed by atoms with Gasteiger partial charge in [-0.05, 0) is 55.2 Å². The minimum Gasteiger partial charge on any atom is -0.321 e. The van der Waals surface area contributed by atoms with Crippen molar-refractivity contribution in [3.63, 3.8) is 0 Å². The standard InChI is InChI=1S/C20H22N2OS/c1-3-5-6-15-7-9-17(10-8-15)22-20(23)16(14-21)13-19-12-11-18(4-2)24-19/h7-13H,3-6H2,1-2H3,(H,22,23). The molecule has 124 valence electrons. The van der Waals surface area contributed by atoms with Crippen LogP contribution in [0.2, 0.25) is 0 Å². The van der Waals surface area contributed by atoms with Crippen molar-refractivity contribution in [2.75, 3.05) is 5.32 Å². The van der Waals surface area contributed by atoms with E-state index in [-0.39, 0.29) is 11.5 Å². The Labute approximate surface area is 147 Å². The summed E-state index contributed by atoms with van der Waals surface area (Å²) in [5, 5.41) is 12.1. The van der Waals surface area contributed by atoms with Crippen LogP contribution in [0.1, 0.15) is 42.0 Å². The average Bonchev–Trinajstić information content (AvgIpc) is 3.06. The van der Waals surface area contributed by atoms with Gasteiger partial charge in [0.2, 0.25) is 0 Å². The fourth-order valence-electron chi connectivity index (χ4n) is 2.29. The first-order valence-electron chi connectivity index (χ1n) is 8.27. The van der Waals surface area contributed by atoms with Gasteiger partial charge < -0.3 is 5.32 Å². The summed E-state index contributed by atoms with van der Waals surface area (Å²) in [6.07, 6.45) is 5.98. The van der Waals surface area contributed by atoms with E-state index in [2.05, 4.69) is 19.2 Å². The topological polar surface area (TPSA) is 52.9 Å². The van der Waals surface area contributed by atoms with Crippen molar-refractivity contribution in [1.82, 2.24) is 0 Å². The molecular weight excluding hydrogens is 316 g/mol. The summed E-state index contributed by atoms with van der Waals surface area (Å²) < 4.78 is 0. The van der Waals surface area contributed by atoms with Gasteiger partial charge in [0, 0.05) is 15.4 Å². The summed E-state index contributed by atoms with van der Waals surface area (Å²) in [5.74, 6) is -0.370. The molecule has 0 aliphatic rings. The van der Waals surface area contributed by atoms with Gasteiger partial charge >= 0.3 is 0 Å². The predicted octanol–water partition coefficient (Wildman–Crippen LogP) is 5.20. The van der Waals surface area contributed by atoms with Crippen molar-refractivity contribution in [2.45, 2.75) is 39.5 Å². The highest BCUT2D eigenvalue weighted by molar-refractivity contribution is 7.12. The molecular formula is C20H22N2OS. The Morgan fingerprint density at radius 3 is 2.54 bits per heavy atom. The minimum atomic E-state index is -0.370. The number of nitrogens with one attached hydrogen (secondary N) is 1. The van der Waals surface area contributed by atoms with Crippen LogP contribution in [0.15, 0.2) is 42.0 Å². The highest BCUT2D eigenvalue weighted by Gasteiger charge is 2.10. The number of rotatable bonds is 7. The molecule has 24 heavy (non-hydrogen) atoms. The molecule has 1 heterocycles. The zero-order valence-corrected chi connectivity index (χ0v) is 15.0. The van der Waals surface area contributed by atoms with Gasteiger partial charge in [0.25, 0.3) is 5.91 Å². The molecule has 3 nitrogen and oxygen atoms in total. The van der Waals surface area contributed by atoms with E-state index in [1.165, 1.54) is 10.4 Å². The van der Waals surface area contributed by atoms with Crippen molar-refractivity contribution < 1.29 is 4.79 Å². The lowest BCUT2D eigenvalue weighted by molar-refractivity contribution is -0.112. The zero-order valence-electron chi connectivity index (χ0n) is 14.1. The Kier molecular flexibility index (Phi) is 6.77. The minimum absolute atomic E-state index is 0.120. The fourth-order valence-corrected chi connectivity index (χ4v) is 3.18. The lowest BCUT2D eigenvalue weighted by atomic mass is 10.1. The first kappa shape index (κ1) is 18.0. The maximum Gasteiger partial charge on any atom is 0.266 e. The van der Waals surface area contributed by atoms with Gasteiger partial charge in [-0.15, -0.1) is 11.3 Å². The number of hydrogen-bond acceptors (Lipinski definition) is 3. The summed E-state index contributed by atoms with van der Waals surface area (Å²) in [6.45, 7) is 4.25. The molecule has 1 N–H and O–H groups in total. The van der Waals surface area contributed by atoms with E-state index in [0.29, 0.717) is 5.69 Å². The smallest absolute Gasteiger partial charge is 0.266 e. The summed E-state index contributed by atoms with van der Waals surface area (Å²) in [5.41, 5.74) is 2.09. The van der Waals surface area contributed by atoms with Crippen LogP contribution in [-0.4, -0.2) is 5.91 Å². The Morgan fingerprint density at radius 2 is 1.96 bits per heavy atom. The van der Waals surface area contributed by atoms with Gasteiger partial charge in [-0.1, -0.05) is 32.4 Å². The number of thiophene rings is 1. The molecule has 0 saturated heterocycles. The molecule has 0 radical (unpaired) electrons. The van der Waals surface area contributed by atoms with Gasteiger partial charge in [-0.25, -0.2) is 0 Å². The number of carbonyl (C=O) groups excluding carboxylic acids is 1. The number of benzene rings is 1. The molecule has 0 atom stereocenters. The number of amides is 1. The highest BCUT2D eigenvalue weighted by Crippen LogP contribution is 2.20. The molecule has 1 aromatic heterocycles. The Hall–Kier alpha value is -2.38. The van der Waals surface area contributed by atoms with E-state index in [4.69, 9.17) is 0 Å². The third-order valence-corrected chi connectivity index (χ3v) is 4.89. The molecule has 0 fully saturated rings. The molecule has 0 aliphatic heterocycles. The van der Waals surface area contributed by atoms with Gasteiger partial charge in [0.15, 0.2) is 0 Å². The largest absolute Gasteiger partial charge is 0.321 e. The second kappa shape index (κ2) is 9.05. The maximum atomic E-state index is 12.3. The predicted molar refractivity (Wildman–Crippen MR) is 101 cm³/mol. The lowest BCUT2D eigenvalue weighted by Crippen LogP contribution is -2.13. The lowest BCUT2D eigenvalue weighted by Gasteiger charge is -2.06. The number of anilines is 1. The van der Waals surface area contributed by atoms with Crippen molar-refractivity contribution in [2.24, 2.45) is 0 Å². The zero-order chi connectivity index (χ0) is 17.4. The number of nitrogens with zero attached hydrogens (tertiary/aromatic N) is 1. The quantitative estimate of drug-likeness (QED) is 0.557. The van der Waals surface area contributed by atoms with Crippen molar-refractivity contribution in [3.8, 4) is 6.07 Å². The van der Waals surface area contributed by atoms with Crippen LogP contribution < -0.4 is 5.32 Å². The van der Waals surface area contributed by atoms with Crippen LogP contribution >= 0.6 is 11.3 Å². The number of nitriles is 1. The molecule has 1 amide bonds. The molecule has 4 heteroatoms. The SMILES string of the molecule is CCCCc1ccc(NC(=O)C(C#N)=Cc2ccc(CC)s2)cc1. The van der Waals surface area contributed by atoms with Crippen LogP contribution in [0.4, 0.5) is 5.69 Å². The van der Waals surface area contributed by atoms with Crippen LogP contribution in [0.5, 0.6) is 0 Å². The third kappa shape index (κ3) is 5.07. The maximum absolute atomic E-state index is 12.3. The Balaban J connectivity index is 2.05. The molecule has 0 bridgehead atoms. The summed E-state index contributed by atoms with van der Waals surface area (Å²) in [4.78, 5) is 14.4. The van der Waals surface area contributed by atoms with Crippen LogP contribution in [0, 0.1) is 11.3 Å². The monoisotopic (exact) mass is 338 g/mol. The first-order chi connectivity index (χ1) is 11.7. The van der Waals surface area contributed by atoms with E-state index >= 15 is 0 Å². The molecule has 1 aromatic carbocycles. The van der Waals surface area contributed by atoms with Crippen molar-refractivity contribution >= 4 is 29.0 Å². The van der Waals surface area contributed by atoms with Crippen LogP contribution in [0.25, 0.3) is 6.08 Å². The average molecular weight is 338 g/mol. The van der Waals surface area contributed by atoms with Gasteiger partial charge in [-0.2, -0.15) is 5.26 Å². The summed E-state index contributed by atoms with van der Waals surface area (Å²) in [7, 11) is 0. The highest BCUT2D eigenvalue weighted by atomic mass is 32.1. The molecule has 0 spiro atoms. The molecule has 0 aliphatic carbocycles. The van der Waals surface area contributed by atoms with Gasteiger partial charge in [0.1, 0.15) is 11.6 Å². The third-order valence-electron chi connectivity index (χ3n) is 3.71. The molecule has 2 rings (SSSR count). The van der Waals surface area contributed by atoms with Gasteiger partial charge in [0.05, 0.1) is 0 Å². The van der Waals surface area contributed by atoms with Crippen LogP contribution in [0.3, 0.4) is 0 Å².